The fraction of sp³-hybridized carbons (Fsp3) is 0.318. The maximum Gasteiger partial charge on any atom is 0.261 e. The molecule has 0 saturated heterocycles. The molecule has 0 aliphatic carbocycles. The number of amides is 3. The lowest BCUT2D eigenvalue weighted by Crippen LogP contribution is -2.32. The topological polar surface area (TPSA) is 86.7 Å². The summed E-state index contributed by atoms with van der Waals surface area (Å²) in [5.41, 5.74) is 1.69. The lowest BCUT2D eigenvalue weighted by Gasteiger charge is -2.18. The van der Waals surface area contributed by atoms with Gasteiger partial charge >= 0.3 is 0 Å². The van der Waals surface area contributed by atoms with Gasteiger partial charge in [0.05, 0.1) is 16.7 Å². The van der Waals surface area contributed by atoms with Crippen LogP contribution in [0.1, 0.15) is 58.5 Å². The summed E-state index contributed by atoms with van der Waals surface area (Å²) in [5.74, 6) is -0.732. The molecule has 3 amide bonds. The highest BCUT2D eigenvalue weighted by Gasteiger charge is 2.34. The molecule has 6 heteroatoms. The quantitative estimate of drug-likeness (QED) is 0.723. The second-order valence-corrected chi connectivity index (χ2v) is 7.44. The van der Waals surface area contributed by atoms with Crippen LogP contribution in [0.15, 0.2) is 48.5 Å². The van der Waals surface area contributed by atoms with Crippen molar-refractivity contribution in [3.05, 3.63) is 70.8 Å². The lowest BCUT2D eigenvalue weighted by atomic mass is 9.97. The van der Waals surface area contributed by atoms with Gasteiger partial charge in [0.2, 0.25) is 5.91 Å². The van der Waals surface area contributed by atoms with Gasteiger partial charge in [-0.15, -0.1) is 0 Å². The minimum absolute atomic E-state index is 0.136. The second kappa shape index (κ2) is 7.94. The Balaban J connectivity index is 1.44. The number of aliphatic hydroxyl groups is 1. The molecule has 1 aliphatic rings. The van der Waals surface area contributed by atoms with Gasteiger partial charge in [-0.3, -0.25) is 19.3 Å². The molecule has 2 aromatic rings. The normalized spacial score (nSPS) is 13.6. The maximum atomic E-state index is 12.3. The first kappa shape index (κ1) is 19.8. The van der Waals surface area contributed by atoms with Crippen LogP contribution in [0.25, 0.3) is 0 Å². The van der Waals surface area contributed by atoms with Crippen molar-refractivity contribution in [2.24, 2.45) is 0 Å². The van der Waals surface area contributed by atoms with E-state index in [1.54, 1.807) is 38.1 Å². The highest BCUT2D eigenvalue weighted by atomic mass is 16.3. The van der Waals surface area contributed by atoms with Crippen LogP contribution in [-0.2, 0) is 16.9 Å². The van der Waals surface area contributed by atoms with Gasteiger partial charge in [0.1, 0.15) is 0 Å². The van der Waals surface area contributed by atoms with Crippen molar-refractivity contribution in [1.29, 1.82) is 0 Å². The predicted octanol–water partition coefficient (Wildman–Crippen LogP) is 2.61. The van der Waals surface area contributed by atoms with Gasteiger partial charge in [-0.05, 0) is 43.5 Å². The summed E-state index contributed by atoms with van der Waals surface area (Å²) in [7, 11) is 0. The maximum absolute atomic E-state index is 12.3. The zero-order valence-corrected chi connectivity index (χ0v) is 16.1. The number of carbonyl (C=O) groups excluding carboxylic acids is 3. The number of hydrogen-bond donors (Lipinski definition) is 2. The Bertz CT molecular complexity index is 862. The number of fused-ring (bicyclic) bond motifs is 1. The predicted molar refractivity (Wildman–Crippen MR) is 105 cm³/mol. The minimum Gasteiger partial charge on any atom is -0.386 e. The average Bonchev–Trinajstić information content (AvgIpc) is 2.91. The average molecular weight is 380 g/mol. The molecule has 2 N–H and O–H groups in total. The number of nitrogens with one attached hydrogen (secondary N) is 1. The van der Waals surface area contributed by atoms with Gasteiger partial charge in [-0.1, -0.05) is 36.4 Å². The number of rotatable bonds is 7. The number of benzene rings is 2. The summed E-state index contributed by atoms with van der Waals surface area (Å²) in [6, 6.07) is 14.2. The molecule has 0 radical (unpaired) electrons. The first-order valence-electron chi connectivity index (χ1n) is 9.31. The molecule has 0 fully saturated rings. The Labute approximate surface area is 164 Å². The van der Waals surface area contributed by atoms with Crippen molar-refractivity contribution in [3.8, 4) is 0 Å². The smallest absolute Gasteiger partial charge is 0.261 e. The zero-order chi connectivity index (χ0) is 20.3. The molecule has 2 aromatic carbocycles. The summed E-state index contributed by atoms with van der Waals surface area (Å²) >= 11 is 0. The van der Waals surface area contributed by atoms with Gasteiger partial charge in [0.25, 0.3) is 11.8 Å². The van der Waals surface area contributed by atoms with E-state index < -0.39 is 5.60 Å². The Morgan fingerprint density at radius 1 is 1.00 bits per heavy atom. The van der Waals surface area contributed by atoms with Crippen LogP contribution in [-0.4, -0.2) is 34.3 Å². The minimum atomic E-state index is -0.897. The zero-order valence-electron chi connectivity index (χ0n) is 16.1. The number of hydrogen-bond acceptors (Lipinski definition) is 4. The highest BCUT2D eigenvalue weighted by molar-refractivity contribution is 6.21. The third kappa shape index (κ3) is 4.28. The van der Waals surface area contributed by atoms with Gasteiger partial charge in [0.15, 0.2) is 0 Å². The molecule has 0 atom stereocenters. The SMILES string of the molecule is CC(C)(O)c1ccc(CNC(=O)CCCN2C(=O)c3ccccc3C2=O)cc1. The second-order valence-electron chi connectivity index (χ2n) is 7.44. The van der Waals surface area contributed by atoms with E-state index in [9.17, 15) is 19.5 Å². The molecule has 1 heterocycles. The molecule has 0 saturated carbocycles. The molecule has 28 heavy (non-hydrogen) atoms. The van der Waals surface area contributed by atoms with Crippen molar-refractivity contribution in [3.63, 3.8) is 0 Å². The Morgan fingerprint density at radius 3 is 2.11 bits per heavy atom. The van der Waals surface area contributed by atoms with Gasteiger partial charge < -0.3 is 10.4 Å². The highest BCUT2D eigenvalue weighted by Crippen LogP contribution is 2.22. The summed E-state index contributed by atoms with van der Waals surface area (Å²) < 4.78 is 0. The Morgan fingerprint density at radius 2 is 1.57 bits per heavy atom. The lowest BCUT2D eigenvalue weighted by molar-refractivity contribution is -0.121. The molecule has 6 nitrogen and oxygen atoms in total. The van der Waals surface area contributed by atoms with Crippen LogP contribution < -0.4 is 5.32 Å². The van der Waals surface area contributed by atoms with Gasteiger partial charge in [-0.25, -0.2) is 0 Å². The molecule has 1 aliphatic heterocycles. The summed E-state index contributed by atoms with van der Waals surface area (Å²) in [6.45, 7) is 4.05. The molecule has 0 aromatic heterocycles. The molecule has 3 rings (SSSR count). The number of imide groups is 1. The van der Waals surface area contributed by atoms with E-state index in [0.29, 0.717) is 24.1 Å². The van der Waals surface area contributed by atoms with Gasteiger partial charge in [-0.2, -0.15) is 0 Å². The monoisotopic (exact) mass is 380 g/mol. The van der Waals surface area contributed by atoms with Crippen molar-refractivity contribution in [1.82, 2.24) is 10.2 Å². The van der Waals surface area contributed by atoms with Crippen LogP contribution in [0, 0.1) is 0 Å². The first-order valence-corrected chi connectivity index (χ1v) is 9.31. The van der Waals surface area contributed by atoms with E-state index in [4.69, 9.17) is 0 Å². The van der Waals surface area contributed by atoms with E-state index in [1.165, 1.54) is 4.90 Å². The van der Waals surface area contributed by atoms with E-state index in [-0.39, 0.29) is 30.7 Å². The largest absolute Gasteiger partial charge is 0.386 e. The molecular formula is C22H24N2O4. The van der Waals surface area contributed by atoms with Crippen molar-refractivity contribution < 1.29 is 19.5 Å². The van der Waals surface area contributed by atoms with Crippen molar-refractivity contribution in [2.45, 2.75) is 38.8 Å². The van der Waals surface area contributed by atoms with Crippen molar-refractivity contribution in [2.75, 3.05) is 6.54 Å². The summed E-state index contributed by atoms with van der Waals surface area (Å²) in [4.78, 5) is 37.8. The van der Waals surface area contributed by atoms with Crippen LogP contribution >= 0.6 is 0 Å². The van der Waals surface area contributed by atoms with Gasteiger partial charge in [0, 0.05) is 19.5 Å². The van der Waals surface area contributed by atoms with Crippen LogP contribution in [0.5, 0.6) is 0 Å². The summed E-state index contributed by atoms with van der Waals surface area (Å²) in [5, 5.41) is 12.8. The molecular weight excluding hydrogens is 356 g/mol. The standard InChI is InChI=1S/C22H24N2O4/c1-22(2,28)16-11-9-15(10-12-16)14-23-19(25)8-5-13-24-20(26)17-6-3-4-7-18(17)21(24)27/h3-4,6-7,9-12,28H,5,8,13-14H2,1-2H3,(H,23,25). The third-order valence-electron chi connectivity index (χ3n) is 4.81. The number of nitrogens with zero attached hydrogens (tertiary/aromatic N) is 1. The third-order valence-corrected chi connectivity index (χ3v) is 4.81. The van der Waals surface area contributed by atoms with Crippen molar-refractivity contribution >= 4 is 17.7 Å². The first-order chi connectivity index (χ1) is 13.3. The molecule has 146 valence electrons. The van der Waals surface area contributed by atoms with E-state index in [0.717, 1.165) is 11.1 Å². The Hall–Kier alpha value is -2.99. The van der Waals surface area contributed by atoms with Crippen LogP contribution in [0.3, 0.4) is 0 Å². The molecule has 0 spiro atoms. The van der Waals surface area contributed by atoms with Crippen LogP contribution in [0.4, 0.5) is 0 Å². The molecule has 0 bridgehead atoms. The summed E-state index contributed by atoms with van der Waals surface area (Å²) in [6.07, 6.45) is 0.643. The fourth-order valence-electron chi connectivity index (χ4n) is 3.16. The molecule has 0 unspecified atom stereocenters. The number of carbonyl (C=O) groups is 3. The van der Waals surface area contributed by atoms with Crippen LogP contribution in [0.2, 0.25) is 0 Å². The fourth-order valence-corrected chi connectivity index (χ4v) is 3.16. The Kier molecular flexibility index (Phi) is 5.61. The van der Waals surface area contributed by atoms with E-state index in [2.05, 4.69) is 5.32 Å². The van der Waals surface area contributed by atoms with E-state index in [1.807, 2.05) is 24.3 Å². The van der Waals surface area contributed by atoms with E-state index >= 15 is 0 Å².